The number of aliphatic carboxylic acids is 1. The highest BCUT2D eigenvalue weighted by Crippen LogP contribution is 2.34. The van der Waals surface area contributed by atoms with Crippen LogP contribution in [-0.4, -0.2) is 64.1 Å². The number of benzene rings is 1. The van der Waals surface area contributed by atoms with E-state index in [-0.39, 0.29) is 24.2 Å². The summed E-state index contributed by atoms with van der Waals surface area (Å²) in [6.45, 7) is 0. The summed E-state index contributed by atoms with van der Waals surface area (Å²) in [7, 11) is 0. The summed E-state index contributed by atoms with van der Waals surface area (Å²) in [5.41, 5.74) is 8.38. The van der Waals surface area contributed by atoms with Gasteiger partial charge in [-0.2, -0.15) is 0 Å². The quantitative estimate of drug-likeness (QED) is 0.273. The fourth-order valence-corrected chi connectivity index (χ4v) is 4.19. The second-order valence-electron chi connectivity index (χ2n) is 7.93. The van der Waals surface area contributed by atoms with Gasteiger partial charge in [-0.25, -0.2) is 19.7 Å². The molecule has 1 aliphatic rings. The van der Waals surface area contributed by atoms with Gasteiger partial charge in [0.05, 0.1) is 12.4 Å². The van der Waals surface area contributed by atoms with Gasteiger partial charge in [0.1, 0.15) is 24.1 Å². The summed E-state index contributed by atoms with van der Waals surface area (Å²) in [5.74, 6) is -0.866. The number of ether oxygens (including phenoxy) is 1. The Balaban J connectivity index is 1.35. The van der Waals surface area contributed by atoms with Crippen molar-refractivity contribution in [1.29, 1.82) is 0 Å². The summed E-state index contributed by atoms with van der Waals surface area (Å²) in [4.78, 5) is 27.2. The fraction of sp³-hybridized carbons (Fsp3) is 0.273. The third kappa shape index (κ3) is 3.71. The van der Waals surface area contributed by atoms with E-state index in [9.17, 15) is 20.1 Å². The lowest BCUT2D eigenvalue weighted by Gasteiger charge is -2.16. The second-order valence-corrected chi connectivity index (χ2v) is 7.93. The Morgan fingerprint density at radius 1 is 1.21 bits per heavy atom. The number of aromatic nitrogens is 5. The molecule has 6 N–H and O–H groups in total. The number of aliphatic hydroxyl groups excluding tert-OH is 2. The molecule has 170 valence electrons. The monoisotopic (exact) mass is 450 g/mol. The highest BCUT2D eigenvalue weighted by Gasteiger charge is 2.44. The summed E-state index contributed by atoms with van der Waals surface area (Å²) in [5, 5.41) is 31.8. The van der Waals surface area contributed by atoms with Crippen LogP contribution in [0.1, 0.15) is 24.6 Å². The predicted octanol–water partition coefficient (Wildman–Crippen LogP) is 1.46. The van der Waals surface area contributed by atoms with E-state index in [0.29, 0.717) is 11.2 Å². The van der Waals surface area contributed by atoms with Gasteiger partial charge in [-0.05, 0) is 25.0 Å². The minimum atomic E-state index is -1.26. The Morgan fingerprint density at radius 2 is 2.03 bits per heavy atom. The molecule has 2 unspecified atom stereocenters. The number of nitrogens with zero attached hydrogens (tertiary/aromatic N) is 4. The Bertz CT molecular complexity index is 1360. The zero-order valence-electron chi connectivity index (χ0n) is 17.4. The van der Waals surface area contributed by atoms with Gasteiger partial charge in [-0.1, -0.05) is 18.2 Å². The summed E-state index contributed by atoms with van der Waals surface area (Å²) < 4.78 is 7.40. The molecule has 11 nitrogen and oxygen atoms in total. The number of nitrogens with one attached hydrogen (secondary N) is 1. The minimum Gasteiger partial charge on any atom is -0.478 e. The van der Waals surface area contributed by atoms with E-state index in [2.05, 4.69) is 19.9 Å². The van der Waals surface area contributed by atoms with Crippen molar-refractivity contribution in [2.45, 2.75) is 37.4 Å². The molecular weight excluding hydrogens is 428 g/mol. The predicted molar refractivity (Wildman–Crippen MR) is 119 cm³/mol. The van der Waals surface area contributed by atoms with E-state index in [1.165, 1.54) is 17.2 Å². The fourth-order valence-electron chi connectivity index (χ4n) is 4.19. The van der Waals surface area contributed by atoms with Crippen molar-refractivity contribution in [3.8, 4) is 0 Å². The third-order valence-corrected chi connectivity index (χ3v) is 5.92. The maximum absolute atomic E-state index is 11.9. The molecule has 11 heteroatoms. The number of hydrogen-bond donors (Lipinski definition) is 5. The number of carboxylic acid groups (broad SMARTS) is 1. The van der Waals surface area contributed by atoms with Gasteiger partial charge in [0.2, 0.25) is 0 Å². The molecule has 33 heavy (non-hydrogen) atoms. The van der Waals surface area contributed by atoms with Crippen LogP contribution in [0.2, 0.25) is 0 Å². The number of rotatable bonds is 6. The molecule has 1 aromatic carbocycles. The molecule has 0 aliphatic carbocycles. The smallest absolute Gasteiger partial charge is 0.331 e. The lowest BCUT2D eigenvalue weighted by atomic mass is 10.0. The van der Waals surface area contributed by atoms with Crippen molar-refractivity contribution in [3.63, 3.8) is 0 Å². The number of anilines is 1. The van der Waals surface area contributed by atoms with Crippen LogP contribution in [0.4, 0.5) is 5.82 Å². The molecule has 4 atom stereocenters. The van der Waals surface area contributed by atoms with E-state index >= 15 is 0 Å². The van der Waals surface area contributed by atoms with Gasteiger partial charge in [0, 0.05) is 28.2 Å². The highest BCUT2D eigenvalue weighted by atomic mass is 16.6. The first-order chi connectivity index (χ1) is 15.9. The summed E-state index contributed by atoms with van der Waals surface area (Å²) in [6, 6.07) is 7.61. The number of fused-ring (bicyclic) bond motifs is 2. The number of aromatic amines is 1. The van der Waals surface area contributed by atoms with Gasteiger partial charge >= 0.3 is 5.97 Å². The third-order valence-electron chi connectivity index (χ3n) is 5.92. The lowest BCUT2D eigenvalue weighted by molar-refractivity contribution is -0.132. The van der Waals surface area contributed by atoms with Crippen LogP contribution < -0.4 is 5.73 Å². The molecule has 5 rings (SSSR count). The van der Waals surface area contributed by atoms with Gasteiger partial charge in [0.25, 0.3) is 0 Å². The van der Waals surface area contributed by atoms with Crippen LogP contribution in [0.5, 0.6) is 0 Å². The average Bonchev–Trinajstić information content (AvgIpc) is 3.49. The normalized spacial score (nSPS) is 23.5. The van der Waals surface area contributed by atoms with Crippen LogP contribution in [0.15, 0.2) is 48.7 Å². The number of carbonyl (C=O) groups is 1. The summed E-state index contributed by atoms with van der Waals surface area (Å²) >= 11 is 0. The molecule has 1 saturated heterocycles. The number of carboxylic acids is 1. The van der Waals surface area contributed by atoms with Crippen molar-refractivity contribution in [1.82, 2.24) is 24.5 Å². The van der Waals surface area contributed by atoms with Crippen molar-refractivity contribution in [2.24, 2.45) is 0 Å². The first-order valence-corrected chi connectivity index (χ1v) is 10.4. The Kier molecular flexibility index (Phi) is 5.29. The second kappa shape index (κ2) is 8.28. The van der Waals surface area contributed by atoms with E-state index in [1.54, 1.807) is 12.3 Å². The van der Waals surface area contributed by atoms with Gasteiger partial charge in [-0.15, -0.1) is 0 Å². The largest absolute Gasteiger partial charge is 0.478 e. The van der Waals surface area contributed by atoms with Crippen molar-refractivity contribution in [2.75, 3.05) is 5.73 Å². The van der Waals surface area contributed by atoms with Crippen LogP contribution in [0.25, 0.3) is 28.1 Å². The van der Waals surface area contributed by atoms with Crippen molar-refractivity contribution < 1.29 is 24.9 Å². The SMILES string of the molecule is Nc1ncnc2c1ncn2[C@@H]1O[C@H](CC/C(=C/c2c[nH]c3ccccc23)C(=O)O)C(O)C1O. The molecule has 0 saturated carbocycles. The standard InChI is InChI=1S/C22H22N6O5/c23-19-16-20(26-9-25-19)28(10-27-16)21-18(30)17(29)15(33-21)6-5-11(22(31)32)7-12-8-24-14-4-2-1-3-13(12)14/h1-4,7-10,15,17-18,21,24,29-30H,5-6H2,(H,31,32)(H2,23,25,26)/b11-7-/t15-,17?,18?,21-/m1/s1. The minimum absolute atomic E-state index is 0.135. The van der Waals surface area contributed by atoms with Gasteiger partial charge in [0.15, 0.2) is 17.7 Å². The lowest BCUT2D eigenvalue weighted by Crippen LogP contribution is -2.31. The molecule has 1 aliphatic heterocycles. The van der Waals surface area contributed by atoms with E-state index in [0.717, 1.165) is 16.5 Å². The van der Waals surface area contributed by atoms with E-state index < -0.39 is 30.5 Å². The molecule has 1 fully saturated rings. The van der Waals surface area contributed by atoms with Crippen LogP contribution in [0.3, 0.4) is 0 Å². The number of H-pyrrole nitrogens is 1. The Hall–Kier alpha value is -3.80. The molecule has 0 spiro atoms. The summed E-state index contributed by atoms with van der Waals surface area (Å²) in [6.07, 6.45) is 2.19. The first-order valence-electron chi connectivity index (χ1n) is 10.4. The number of para-hydroxylation sites is 1. The molecule has 0 amide bonds. The van der Waals surface area contributed by atoms with E-state index in [4.69, 9.17) is 10.5 Å². The first kappa shape index (κ1) is 21.1. The Morgan fingerprint density at radius 3 is 2.85 bits per heavy atom. The zero-order chi connectivity index (χ0) is 23.1. The maximum Gasteiger partial charge on any atom is 0.331 e. The molecule has 4 aromatic rings. The van der Waals surface area contributed by atoms with Gasteiger partial charge < -0.3 is 30.8 Å². The van der Waals surface area contributed by atoms with E-state index in [1.807, 2.05) is 24.3 Å². The highest BCUT2D eigenvalue weighted by molar-refractivity contribution is 5.97. The number of aliphatic hydroxyl groups is 2. The topological polar surface area (TPSA) is 172 Å². The van der Waals surface area contributed by atoms with Crippen molar-refractivity contribution >= 4 is 39.9 Å². The zero-order valence-corrected chi connectivity index (χ0v) is 17.4. The number of imidazole rings is 1. The average molecular weight is 450 g/mol. The number of nitrogen functional groups attached to an aromatic ring is 1. The Labute approximate surface area is 187 Å². The number of hydrogen-bond acceptors (Lipinski definition) is 8. The maximum atomic E-state index is 11.9. The molecule has 0 bridgehead atoms. The van der Waals surface area contributed by atoms with Crippen LogP contribution in [0, 0.1) is 0 Å². The van der Waals surface area contributed by atoms with Crippen LogP contribution in [-0.2, 0) is 9.53 Å². The van der Waals surface area contributed by atoms with Gasteiger partial charge in [-0.3, -0.25) is 4.57 Å². The van der Waals surface area contributed by atoms with Crippen LogP contribution >= 0.6 is 0 Å². The van der Waals surface area contributed by atoms with Crippen molar-refractivity contribution in [3.05, 3.63) is 54.3 Å². The molecule has 4 heterocycles. The molecular formula is C22H22N6O5. The number of nitrogens with two attached hydrogens (primary N) is 1. The molecule has 0 radical (unpaired) electrons. The molecule has 3 aromatic heterocycles.